The first-order chi connectivity index (χ1) is 11.1. The molecule has 1 aromatic heterocycles. The Kier molecular flexibility index (Phi) is 4.93. The van der Waals surface area contributed by atoms with Gasteiger partial charge in [0.1, 0.15) is 0 Å². The highest BCUT2D eigenvalue weighted by atomic mass is 16.1. The van der Waals surface area contributed by atoms with E-state index in [0.29, 0.717) is 31.0 Å². The number of benzene rings is 1. The highest BCUT2D eigenvalue weighted by molar-refractivity contribution is 5.76. The summed E-state index contributed by atoms with van der Waals surface area (Å²) in [4.78, 5) is 16.5. The molecule has 3 rings (SSSR count). The summed E-state index contributed by atoms with van der Waals surface area (Å²) < 4.78 is 2.14. The highest BCUT2D eigenvalue weighted by Gasteiger charge is 2.31. The number of carbonyl (C=O) groups excluding carboxylic acids is 1. The number of fused-ring (bicyclic) bond motifs is 1. The summed E-state index contributed by atoms with van der Waals surface area (Å²) in [7, 11) is 0. The summed E-state index contributed by atoms with van der Waals surface area (Å²) in [5.74, 6) is 0.474. The first-order valence-corrected chi connectivity index (χ1v) is 8.33. The molecule has 1 amide bonds. The molecule has 0 aliphatic carbocycles. The fraction of sp³-hybridized carbons (Fsp3) is 0.529. The fourth-order valence-electron chi connectivity index (χ4n) is 3.22. The summed E-state index contributed by atoms with van der Waals surface area (Å²) in [5, 5.41) is 3.03. The number of aryl methyl sites for hydroxylation is 1. The average Bonchev–Trinajstić information content (AvgIpc) is 3.10. The van der Waals surface area contributed by atoms with Gasteiger partial charge in [0, 0.05) is 37.5 Å². The number of nitrogens with zero attached hydrogens (tertiary/aromatic N) is 2. The molecule has 6 heteroatoms. The summed E-state index contributed by atoms with van der Waals surface area (Å²) >= 11 is 0. The Hall–Kier alpha value is -1.92. The van der Waals surface area contributed by atoms with E-state index in [1.807, 2.05) is 24.5 Å². The van der Waals surface area contributed by atoms with Crippen LogP contribution in [-0.4, -0.2) is 34.1 Å². The molecule has 1 aliphatic heterocycles. The molecule has 2 unspecified atom stereocenters. The third kappa shape index (κ3) is 3.71. The van der Waals surface area contributed by atoms with Crippen LogP contribution in [-0.2, 0) is 11.3 Å². The van der Waals surface area contributed by atoms with Crippen molar-refractivity contribution in [3.8, 4) is 0 Å². The number of hydrogen-bond donors (Lipinski definition) is 3. The maximum absolute atomic E-state index is 12.1. The number of hydrazine groups is 1. The van der Waals surface area contributed by atoms with Gasteiger partial charge in [0.05, 0.1) is 17.4 Å². The summed E-state index contributed by atoms with van der Waals surface area (Å²) in [6, 6.07) is 8.76. The van der Waals surface area contributed by atoms with Crippen LogP contribution in [0.4, 0.5) is 0 Å². The molecule has 0 radical (unpaired) electrons. The summed E-state index contributed by atoms with van der Waals surface area (Å²) in [6.07, 6.45) is 3.33. The molecule has 0 bridgehead atoms. The van der Waals surface area contributed by atoms with E-state index < -0.39 is 0 Å². The van der Waals surface area contributed by atoms with Crippen molar-refractivity contribution >= 4 is 16.9 Å². The topological polar surface area (TPSA) is 71.0 Å². The predicted molar refractivity (Wildman–Crippen MR) is 90.7 cm³/mol. The number of rotatable bonds is 6. The molecule has 124 valence electrons. The van der Waals surface area contributed by atoms with Crippen molar-refractivity contribution in [3.63, 3.8) is 0 Å². The van der Waals surface area contributed by atoms with Gasteiger partial charge in [-0.3, -0.25) is 15.6 Å². The van der Waals surface area contributed by atoms with Gasteiger partial charge in [-0.2, -0.15) is 0 Å². The van der Waals surface area contributed by atoms with Gasteiger partial charge in [-0.1, -0.05) is 12.1 Å². The number of nitrogens with one attached hydrogen (secondary N) is 3. The first kappa shape index (κ1) is 16.0. The van der Waals surface area contributed by atoms with E-state index in [0.717, 1.165) is 24.0 Å². The zero-order valence-electron chi connectivity index (χ0n) is 13.7. The lowest BCUT2D eigenvalue weighted by Crippen LogP contribution is -2.32. The van der Waals surface area contributed by atoms with E-state index in [1.54, 1.807) is 0 Å². The van der Waals surface area contributed by atoms with Gasteiger partial charge >= 0.3 is 0 Å². The Morgan fingerprint density at radius 2 is 2.00 bits per heavy atom. The molecule has 6 nitrogen and oxygen atoms in total. The maximum atomic E-state index is 12.1. The van der Waals surface area contributed by atoms with Crippen molar-refractivity contribution in [2.75, 3.05) is 6.54 Å². The van der Waals surface area contributed by atoms with Crippen LogP contribution < -0.4 is 16.2 Å². The van der Waals surface area contributed by atoms with Gasteiger partial charge < -0.3 is 9.88 Å². The minimum absolute atomic E-state index is 0.134. The van der Waals surface area contributed by atoms with Crippen molar-refractivity contribution in [2.45, 2.75) is 45.3 Å². The third-order valence-electron chi connectivity index (χ3n) is 4.67. The van der Waals surface area contributed by atoms with Crippen molar-refractivity contribution in [3.05, 3.63) is 30.6 Å². The monoisotopic (exact) mass is 315 g/mol. The van der Waals surface area contributed by atoms with Gasteiger partial charge in [-0.25, -0.2) is 4.98 Å². The molecule has 1 aromatic carbocycles. The van der Waals surface area contributed by atoms with Gasteiger partial charge in [0.25, 0.3) is 0 Å². The molecule has 1 fully saturated rings. The number of hydrogen-bond acceptors (Lipinski definition) is 4. The summed E-state index contributed by atoms with van der Waals surface area (Å²) in [6.45, 7) is 5.78. The Bertz CT molecular complexity index is 658. The van der Waals surface area contributed by atoms with Crippen LogP contribution >= 0.6 is 0 Å². The second-order valence-corrected chi connectivity index (χ2v) is 6.36. The van der Waals surface area contributed by atoms with Gasteiger partial charge in [0.2, 0.25) is 5.91 Å². The normalized spacial score (nSPS) is 24.2. The Morgan fingerprint density at radius 3 is 2.78 bits per heavy atom. The van der Waals surface area contributed by atoms with Crippen molar-refractivity contribution in [1.29, 1.82) is 0 Å². The minimum Gasteiger partial charge on any atom is -0.356 e. The maximum Gasteiger partial charge on any atom is 0.220 e. The molecule has 0 saturated carbocycles. The van der Waals surface area contributed by atoms with E-state index in [9.17, 15) is 4.79 Å². The van der Waals surface area contributed by atoms with E-state index in [4.69, 9.17) is 0 Å². The van der Waals surface area contributed by atoms with Crippen LogP contribution in [0.3, 0.4) is 0 Å². The van der Waals surface area contributed by atoms with E-state index in [2.05, 4.69) is 45.6 Å². The molecular formula is C17H25N5O. The smallest absolute Gasteiger partial charge is 0.220 e. The zero-order chi connectivity index (χ0) is 16.2. The molecule has 2 aromatic rings. The van der Waals surface area contributed by atoms with Crippen LogP contribution in [0.1, 0.15) is 26.7 Å². The summed E-state index contributed by atoms with van der Waals surface area (Å²) in [5.41, 5.74) is 8.53. The first-order valence-electron chi connectivity index (χ1n) is 8.33. The van der Waals surface area contributed by atoms with Crippen molar-refractivity contribution < 1.29 is 4.79 Å². The van der Waals surface area contributed by atoms with Gasteiger partial charge in [-0.05, 0) is 32.4 Å². The van der Waals surface area contributed by atoms with Crippen LogP contribution in [0.25, 0.3) is 11.0 Å². The van der Waals surface area contributed by atoms with Crippen LogP contribution in [0.5, 0.6) is 0 Å². The third-order valence-corrected chi connectivity index (χ3v) is 4.67. The lowest BCUT2D eigenvalue weighted by atomic mass is 9.93. The Morgan fingerprint density at radius 1 is 1.26 bits per heavy atom. The number of imidazole rings is 1. The van der Waals surface area contributed by atoms with Crippen LogP contribution in [0.2, 0.25) is 0 Å². The Balaban J connectivity index is 1.42. The van der Waals surface area contributed by atoms with E-state index >= 15 is 0 Å². The molecule has 0 spiro atoms. The molecule has 2 heterocycles. The number of amides is 1. The lowest BCUT2D eigenvalue weighted by molar-refractivity contribution is -0.122. The quantitative estimate of drug-likeness (QED) is 0.705. The molecule has 3 N–H and O–H groups in total. The standard InChI is InChI=1S/C17H25N5O/c1-12-14(13(2)21-20-12)10-17(23)18-8-5-9-22-11-19-15-6-3-4-7-16(15)22/h3-4,6-7,11-14,20-21H,5,8-10H2,1-2H3,(H,18,23). The fourth-order valence-corrected chi connectivity index (χ4v) is 3.22. The van der Waals surface area contributed by atoms with E-state index in [-0.39, 0.29) is 5.91 Å². The highest BCUT2D eigenvalue weighted by Crippen LogP contribution is 2.18. The number of para-hydroxylation sites is 2. The average molecular weight is 315 g/mol. The Labute approximate surface area is 136 Å². The van der Waals surface area contributed by atoms with Crippen molar-refractivity contribution in [1.82, 2.24) is 25.7 Å². The second kappa shape index (κ2) is 7.10. The van der Waals surface area contributed by atoms with Crippen molar-refractivity contribution in [2.24, 2.45) is 5.92 Å². The number of carbonyl (C=O) groups is 1. The largest absolute Gasteiger partial charge is 0.356 e. The number of aromatic nitrogens is 2. The zero-order valence-corrected chi connectivity index (χ0v) is 13.7. The minimum atomic E-state index is 0.134. The van der Waals surface area contributed by atoms with Gasteiger partial charge in [0.15, 0.2) is 0 Å². The molecule has 1 aliphatic rings. The molecular weight excluding hydrogens is 290 g/mol. The second-order valence-electron chi connectivity index (χ2n) is 6.36. The van der Waals surface area contributed by atoms with E-state index in [1.165, 1.54) is 0 Å². The molecule has 1 saturated heterocycles. The SMILES string of the molecule is CC1NNC(C)C1CC(=O)NCCCn1cnc2ccccc21. The molecule has 2 atom stereocenters. The van der Waals surface area contributed by atoms with Gasteiger partial charge in [-0.15, -0.1) is 0 Å². The van der Waals surface area contributed by atoms with Crippen LogP contribution in [0, 0.1) is 5.92 Å². The predicted octanol–water partition coefficient (Wildman–Crippen LogP) is 1.43. The molecule has 23 heavy (non-hydrogen) atoms. The van der Waals surface area contributed by atoms with Crippen LogP contribution in [0.15, 0.2) is 30.6 Å². The lowest BCUT2D eigenvalue weighted by Gasteiger charge is -2.17.